The first-order chi connectivity index (χ1) is 21.2. The molecule has 0 aliphatic carbocycles. The molecule has 0 radical (unpaired) electrons. The van der Waals surface area contributed by atoms with Gasteiger partial charge in [-0.1, -0.05) is 19.9 Å². The second kappa shape index (κ2) is 18.1. The molecule has 0 amide bonds. The summed E-state index contributed by atoms with van der Waals surface area (Å²) < 4.78 is 109. The Kier molecular flexibility index (Phi) is 17.5. The van der Waals surface area contributed by atoms with Crippen LogP contribution in [0.15, 0.2) is 70.1 Å². The topological polar surface area (TPSA) is 217 Å². The normalized spacial score (nSPS) is 17.4. The van der Waals surface area contributed by atoms with E-state index in [2.05, 4.69) is 9.37 Å². The Bertz CT molecular complexity index is 1960. The molecule has 2 aromatic rings. The van der Waals surface area contributed by atoms with Crippen molar-refractivity contribution in [2.45, 2.75) is 61.2 Å². The van der Waals surface area contributed by atoms with E-state index in [1.165, 1.54) is 22.8 Å². The third-order valence-corrected chi connectivity index (χ3v) is 10.8. The van der Waals surface area contributed by atoms with Crippen LogP contribution < -0.4 is 98.8 Å². The Morgan fingerprint density at radius 1 is 0.918 bits per heavy atom. The van der Waals surface area contributed by atoms with Crippen LogP contribution in [0.5, 0.6) is 0 Å². The van der Waals surface area contributed by atoms with Crippen molar-refractivity contribution >= 4 is 59.5 Å². The van der Waals surface area contributed by atoms with Crippen LogP contribution in [0.25, 0.3) is 0 Å². The largest absolute Gasteiger partial charge is 1.00 e. The number of unbranched alkanes of at least 4 members (excludes halogenated alkanes) is 1. The molecule has 0 fully saturated rings. The van der Waals surface area contributed by atoms with Crippen molar-refractivity contribution in [3.05, 3.63) is 71.5 Å². The van der Waals surface area contributed by atoms with Gasteiger partial charge in [0.25, 0.3) is 5.88 Å². The minimum absolute atomic E-state index is 0. The standard InChI is InChI=1S/C28H34N2O12S4.3Na/c1-27(2)21-16-19(43-42-41-31)10-12-24(21)30(18-45(35,36)37)26(27)9-7-8-25-28(3,4)22-17-20(46(38,39)40)11-13-23(22)29(25)14-5-6-15-44(32,33)34;;;/h7-13,16-17H,5-6,14-15,18H2,1-4H3,(H3-,31,32,33,34,35,36,37,38,39,40);;;/q;3*+1/p-2. The summed E-state index contributed by atoms with van der Waals surface area (Å²) in [6.07, 6.45) is 5.50. The molecule has 0 spiro atoms. The van der Waals surface area contributed by atoms with E-state index in [1.807, 2.05) is 32.6 Å². The summed E-state index contributed by atoms with van der Waals surface area (Å²) in [5, 5.41) is 13.7. The number of hydrogen-bond donors (Lipinski definition) is 1. The molecule has 2 heterocycles. The fourth-order valence-electron chi connectivity index (χ4n) is 5.89. The first-order valence-electron chi connectivity index (χ1n) is 13.7. The number of allylic oxidation sites excluding steroid dienone is 4. The van der Waals surface area contributed by atoms with Crippen LogP contribution in [0.1, 0.15) is 51.7 Å². The maximum absolute atomic E-state index is 12.0. The van der Waals surface area contributed by atoms with Crippen LogP contribution >= 0.6 is 12.0 Å². The fourth-order valence-corrected chi connectivity index (χ4v) is 7.95. The summed E-state index contributed by atoms with van der Waals surface area (Å²) in [7, 11) is -13.7. The average Bonchev–Trinajstić information content (AvgIpc) is 3.26. The van der Waals surface area contributed by atoms with E-state index < -0.39 is 57.7 Å². The number of benzene rings is 2. The number of anilines is 1. The molecule has 0 aromatic heterocycles. The Labute approximate surface area is 357 Å². The van der Waals surface area contributed by atoms with Crippen LogP contribution in [0, 0.1) is 0 Å². The molecule has 1 N–H and O–H groups in total. The third kappa shape index (κ3) is 11.4. The van der Waals surface area contributed by atoms with Crippen LogP contribution in [0.4, 0.5) is 11.4 Å². The van der Waals surface area contributed by atoms with Gasteiger partial charge in [0.2, 0.25) is 5.69 Å². The maximum Gasteiger partial charge on any atom is 1.00 e. The van der Waals surface area contributed by atoms with Gasteiger partial charge in [0.15, 0.2) is 5.71 Å². The molecule has 0 unspecified atom stereocenters. The summed E-state index contributed by atoms with van der Waals surface area (Å²) in [6, 6.07) is 8.95. The van der Waals surface area contributed by atoms with Crippen molar-refractivity contribution in [3.8, 4) is 0 Å². The van der Waals surface area contributed by atoms with Crippen molar-refractivity contribution in [1.29, 1.82) is 0 Å². The molecule has 2 aliphatic heterocycles. The first kappa shape index (κ1) is 47.4. The van der Waals surface area contributed by atoms with E-state index in [-0.39, 0.29) is 102 Å². The molecule has 49 heavy (non-hydrogen) atoms. The van der Waals surface area contributed by atoms with Gasteiger partial charge in [-0.05, 0) is 68.7 Å². The van der Waals surface area contributed by atoms with Gasteiger partial charge in [-0.3, -0.25) is 9.59 Å². The van der Waals surface area contributed by atoms with Crippen molar-refractivity contribution in [3.63, 3.8) is 0 Å². The summed E-state index contributed by atoms with van der Waals surface area (Å²) in [5.41, 5.74) is 1.84. The smallest absolute Gasteiger partial charge is 0.748 e. The Morgan fingerprint density at radius 3 is 2.14 bits per heavy atom. The number of fused-ring (bicyclic) bond motifs is 2. The molecule has 0 atom stereocenters. The van der Waals surface area contributed by atoms with E-state index in [4.69, 9.17) is 0 Å². The maximum atomic E-state index is 12.0. The Morgan fingerprint density at radius 2 is 1.57 bits per heavy atom. The fraction of sp³-hybridized carbons (Fsp3) is 0.393. The summed E-state index contributed by atoms with van der Waals surface area (Å²) in [4.78, 5) is 1.96. The molecule has 2 aromatic carbocycles. The van der Waals surface area contributed by atoms with Crippen LogP contribution in [-0.2, 0) is 50.6 Å². The van der Waals surface area contributed by atoms with Gasteiger partial charge in [0.1, 0.15) is 10.1 Å². The molecule has 252 valence electrons. The van der Waals surface area contributed by atoms with Gasteiger partial charge in [-0.25, -0.2) is 16.8 Å². The third-order valence-electron chi connectivity index (χ3n) is 8.00. The first-order valence-corrected chi connectivity index (χ1v) is 19.1. The summed E-state index contributed by atoms with van der Waals surface area (Å²) in [5.74, 6) is -1.29. The molecule has 0 saturated heterocycles. The Hall–Kier alpha value is 0.350. The van der Waals surface area contributed by atoms with Crippen molar-refractivity contribution in [2.24, 2.45) is 0 Å². The average molecular weight is 786 g/mol. The second-order valence-electron chi connectivity index (χ2n) is 11.8. The van der Waals surface area contributed by atoms with E-state index in [1.54, 1.807) is 36.4 Å². The van der Waals surface area contributed by atoms with Crippen LogP contribution in [0.2, 0.25) is 0 Å². The monoisotopic (exact) mass is 785 g/mol. The van der Waals surface area contributed by atoms with E-state index >= 15 is 0 Å². The van der Waals surface area contributed by atoms with Crippen molar-refractivity contribution < 1.29 is 147 Å². The summed E-state index contributed by atoms with van der Waals surface area (Å²) in [6.45, 7) is 7.62. The molecule has 21 heteroatoms. The molecule has 0 saturated carbocycles. The quantitative estimate of drug-likeness (QED) is 0.0381. The van der Waals surface area contributed by atoms with Crippen LogP contribution in [0.3, 0.4) is 0 Å². The number of hydrogen-bond acceptors (Lipinski definition) is 13. The SMILES string of the molecule is CC1(C)C(/C=C/C=C2/N(CCCCS(=O)(=O)[O-])c3ccc(S(=O)(=O)[O-])cc3C2(C)C)=[N+](CS(=O)(=O)O)c2ccc(SOO[O-])cc21.[Na+].[Na+].[Na+]. The second-order valence-corrected chi connectivity index (χ2v) is 16.9. The molecular formula is C28H32N2Na3O12S4+. The predicted molar refractivity (Wildman–Crippen MR) is 165 cm³/mol. The number of rotatable bonds is 13. The molecular weight excluding hydrogens is 754 g/mol. The van der Waals surface area contributed by atoms with Gasteiger partial charge in [-0.15, -0.1) is 0 Å². The van der Waals surface area contributed by atoms with Gasteiger partial charge in [0, 0.05) is 51.7 Å². The van der Waals surface area contributed by atoms with Gasteiger partial charge in [-0.2, -0.15) is 17.3 Å². The van der Waals surface area contributed by atoms with Gasteiger partial charge < -0.3 is 19.3 Å². The van der Waals surface area contributed by atoms with Crippen molar-refractivity contribution in [1.82, 2.24) is 0 Å². The van der Waals surface area contributed by atoms with E-state index in [9.17, 15) is 44.2 Å². The minimum atomic E-state index is -4.76. The van der Waals surface area contributed by atoms with Crippen molar-refractivity contribution in [2.75, 3.05) is 23.1 Å². The summed E-state index contributed by atoms with van der Waals surface area (Å²) >= 11 is 0.672. The van der Waals surface area contributed by atoms with Gasteiger partial charge >= 0.3 is 98.8 Å². The van der Waals surface area contributed by atoms with E-state index in [0.717, 1.165) is 0 Å². The molecule has 14 nitrogen and oxygen atoms in total. The van der Waals surface area contributed by atoms with E-state index in [0.29, 0.717) is 57.3 Å². The molecule has 4 rings (SSSR count). The van der Waals surface area contributed by atoms with Crippen LogP contribution in [-0.4, -0.2) is 67.4 Å². The molecule has 0 bridgehead atoms. The zero-order chi connectivity index (χ0) is 34.3. The Balaban J connectivity index is 0.00000400. The predicted octanol–water partition coefficient (Wildman–Crippen LogP) is -6.38. The number of nitrogens with zero attached hydrogens (tertiary/aromatic N) is 2. The minimum Gasteiger partial charge on any atom is -0.748 e. The zero-order valence-electron chi connectivity index (χ0n) is 28.2. The molecule has 2 aliphatic rings. The zero-order valence-corrected chi connectivity index (χ0v) is 37.5. The van der Waals surface area contributed by atoms with Gasteiger partial charge in [0.05, 0.1) is 32.5 Å².